The third kappa shape index (κ3) is 3.03. The summed E-state index contributed by atoms with van der Waals surface area (Å²) in [6.07, 6.45) is 2.59. The van der Waals surface area contributed by atoms with E-state index in [-0.39, 0.29) is 10.3 Å². The van der Waals surface area contributed by atoms with Gasteiger partial charge in [-0.05, 0) is 36.7 Å². The van der Waals surface area contributed by atoms with Gasteiger partial charge in [0.15, 0.2) is 0 Å². The fourth-order valence-electron chi connectivity index (χ4n) is 1.54. The summed E-state index contributed by atoms with van der Waals surface area (Å²) in [6.45, 7) is 3.71. The first-order chi connectivity index (χ1) is 9.11. The minimum atomic E-state index is -0.315. The third-order valence-corrected chi connectivity index (χ3v) is 2.99. The van der Waals surface area contributed by atoms with Gasteiger partial charge in [0.25, 0.3) is 5.56 Å². The third-order valence-electron chi connectivity index (χ3n) is 2.72. The molecule has 0 unspecified atom stereocenters. The van der Waals surface area contributed by atoms with Gasteiger partial charge in [-0.25, -0.2) is 0 Å². The maximum absolute atomic E-state index is 11.8. The van der Waals surface area contributed by atoms with Gasteiger partial charge >= 0.3 is 0 Å². The summed E-state index contributed by atoms with van der Waals surface area (Å²) in [4.78, 5) is 11.8. The molecule has 1 heterocycles. The average molecular weight is 274 g/mol. The maximum Gasteiger partial charge on any atom is 0.296 e. The molecule has 0 fully saturated rings. The smallest absolute Gasteiger partial charge is 0.265 e. The van der Waals surface area contributed by atoms with Gasteiger partial charge in [0, 0.05) is 0 Å². The molecule has 0 saturated carbocycles. The second-order valence-electron chi connectivity index (χ2n) is 4.07. The van der Waals surface area contributed by atoms with E-state index in [1.54, 1.807) is 13.1 Å². The zero-order chi connectivity index (χ0) is 13.8. The van der Waals surface area contributed by atoms with E-state index >= 15 is 0 Å². The lowest BCUT2D eigenvalue weighted by Gasteiger charge is -2.00. The van der Waals surface area contributed by atoms with Crippen molar-refractivity contribution in [1.82, 2.24) is 14.9 Å². The Morgan fingerprint density at radius 2 is 2.11 bits per heavy atom. The number of nitrogens with zero attached hydrogens (tertiary/aromatic N) is 3. The van der Waals surface area contributed by atoms with Crippen LogP contribution in [-0.2, 0) is 6.42 Å². The maximum atomic E-state index is 11.8. The molecule has 19 heavy (non-hydrogen) atoms. The van der Waals surface area contributed by atoms with Crippen LogP contribution in [-0.4, -0.2) is 21.1 Å². The lowest BCUT2D eigenvalue weighted by molar-refractivity contribution is 0.720. The Morgan fingerprint density at radius 3 is 2.74 bits per heavy atom. The summed E-state index contributed by atoms with van der Waals surface area (Å²) in [5, 5.41) is 10.5. The second-order valence-corrected chi connectivity index (χ2v) is 4.46. The second kappa shape index (κ2) is 5.71. The Kier molecular flexibility index (Phi) is 4.01. The number of aryl methyl sites for hydroxylation is 2. The molecule has 0 atom stereocenters. The Balaban J connectivity index is 2.35. The molecule has 0 aliphatic carbocycles. The van der Waals surface area contributed by atoms with Crippen molar-refractivity contribution in [3.05, 3.63) is 56.2 Å². The van der Waals surface area contributed by atoms with Crippen LogP contribution in [0.2, 0.25) is 0 Å². The summed E-state index contributed by atoms with van der Waals surface area (Å²) in [6, 6.07) is 7.97. The van der Waals surface area contributed by atoms with Crippen molar-refractivity contribution in [2.45, 2.75) is 20.3 Å². The molecule has 98 valence electrons. The summed E-state index contributed by atoms with van der Waals surface area (Å²) in [7, 11) is 0. The average Bonchev–Trinajstić information content (AvgIpc) is 2.44. The predicted octanol–water partition coefficient (Wildman–Crippen LogP) is 2.05. The van der Waals surface area contributed by atoms with Gasteiger partial charge < -0.3 is 0 Å². The molecule has 1 aromatic heterocycles. The molecule has 2 rings (SSSR count). The first-order valence-corrected chi connectivity index (χ1v) is 6.34. The van der Waals surface area contributed by atoms with Gasteiger partial charge in [-0.3, -0.25) is 9.89 Å². The van der Waals surface area contributed by atoms with Crippen LogP contribution in [0.3, 0.4) is 0 Å². The van der Waals surface area contributed by atoms with Crippen molar-refractivity contribution in [2.24, 2.45) is 5.10 Å². The van der Waals surface area contributed by atoms with Crippen LogP contribution in [0.1, 0.15) is 23.7 Å². The molecule has 6 heteroatoms. The van der Waals surface area contributed by atoms with Crippen molar-refractivity contribution in [3.8, 4) is 0 Å². The van der Waals surface area contributed by atoms with Gasteiger partial charge in [-0.2, -0.15) is 14.9 Å². The number of nitrogens with one attached hydrogen (secondary N) is 1. The van der Waals surface area contributed by atoms with Crippen molar-refractivity contribution in [3.63, 3.8) is 0 Å². The molecular formula is C13H14N4OS. The van der Waals surface area contributed by atoms with Crippen LogP contribution in [0.4, 0.5) is 0 Å². The van der Waals surface area contributed by atoms with Crippen LogP contribution in [0.15, 0.2) is 34.2 Å². The van der Waals surface area contributed by atoms with Crippen molar-refractivity contribution in [1.29, 1.82) is 0 Å². The zero-order valence-electron chi connectivity index (χ0n) is 10.8. The SMILES string of the molecule is CCc1ccc(/C=N\n2c(=S)[nH]nc(C)c2=O)cc1. The number of aromatic nitrogens is 3. The molecule has 1 aromatic carbocycles. The highest BCUT2D eigenvalue weighted by atomic mass is 32.1. The summed E-state index contributed by atoms with van der Waals surface area (Å²) < 4.78 is 1.31. The van der Waals surface area contributed by atoms with Gasteiger partial charge in [0.05, 0.1) is 6.21 Å². The molecular weight excluding hydrogens is 260 g/mol. The van der Waals surface area contributed by atoms with E-state index in [2.05, 4.69) is 22.2 Å². The van der Waals surface area contributed by atoms with Crippen LogP contribution in [0, 0.1) is 11.7 Å². The van der Waals surface area contributed by atoms with E-state index in [4.69, 9.17) is 12.2 Å². The van der Waals surface area contributed by atoms with Gasteiger partial charge in [0.1, 0.15) is 5.69 Å². The van der Waals surface area contributed by atoms with Crippen LogP contribution >= 0.6 is 12.2 Å². The molecule has 0 spiro atoms. The summed E-state index contributed by atoms with van der Waals surface area (Å²) in [5.41, 5.74) is 2.18. The highest BCUT2D eigenvalue weighted by molar-refractivity contribution is 7.71. The van der Waals surface area contributed by atoms with Crippen LogP contribution in [0.25, 0.3) is 0 Å². The van der Waals surface area contributed by atoms with E-state index in [1.807, 2.05) is 24.3 Å². The topological polar surface area (TPSA) is 63.0 Å². The Labute approximate surface area is 115 Å². The van der Waals surface area contributed by atoms with Gasteiger partial charge in [0.2, 0.25) is 4.77 Å². The normalized spacial score (nSPS) is 11.1. The zero-order valence-corrected chi connectivity index (χ0v) is 11.6. The molecule has 5 nitrogen and oxygen atoms in total. The van der Waals surface area contributed by atoms with Gasteiger partial charge in [-0.1, -0.05) is 31.2 Å². The van der Waals surface area contributed by atoms with Crippen LogP contribution in [0.5, 0.6) is 0 Å². The Morgan fingerprint density at radius 1 is 1.42 bits per heavy atom. The van der Waals surface area contributed by atoms with Crippen LogP contribution < -0.4 is 5.56 Å². The molecule has 0 radical (unpaired) electrons. The van der Waals surface area contributed by atoms with Crippen molar-refractivity contribution < 1.29 is 0 Å². The molecule has 0 saturated heterocycles. The molecule has 0 amide bonds. The van der Waals surface area contributed by atoms with Crippen molar-refractivity contribution in [2.75, 3.05) is 0 Å². The number of benzene rings is 1. The number of aromatic amines is 1. The summed E-state index contributed by atoms with van der Waals surface area (Å²) >= 11 is 4.99. The predicted molar refractivity (Wildman–Crippen MR) is 77.2 cm³/mol. The molecule has 0 aliphatic heterocycles. The van der Waals surface area contributed by atoms with Crippen molar-refractivity contribution >= 4 is 18.4 Å². The first-order valence-electron chi connectivity index (χ1n) is 5.93. The monoisotopic (exact) mass is 274 g/mol. The number of hydrogen-bond donors (Lipinski definition) is 1. The molecule has 0 aliphatic rings. The molecule has 1 N–H and O–H groups in total. The fourth-order valence-corrected chi connectivity index (χ4v) is 1.72. The fraction of sp³-hybridized carbons (Fsp3) is 0.231. The van der Waals surface area contributed by atoms with E-state index in [9.17, 15) is 4.79 Å². The minimum absolute atomic E-state index is 0.178. The Bertz CT molecular complexity index is 713. The number of H-pyrrole nitrogens is 1. The lowest BCUT2D eigenvalue weighted by atomic mass is 10.1. The van der Waals surface area contributed by atoms with Gasteiger partial charge in [-0.15, -0.1) is 0 Å². The molecule has 2 aromatic rings. The van der Waals surface area contributed by atoms with E-state index in [0.29, 0.717) is 5.69 Å². The number of rotatable bonds is 3. The standard InChI is InChI=1S/C13H14N4OS/c1-3-10-4-6-11(7-5-10)8-14-17-12(18)9(2)15-16-13(17)19/h4-8H,3H2,1-2H3,(H,16,19)/b14-8-. The highest BCUT2D eigenvalue weighted by Crippen LogP contribution is 2.02. The lowest BCUT2D eigenvalue weighted by Crippen LogP contribution is -2.22. The highest BCUT2D eigenvalue weighted by Gasteiger charge is 2.00. The van der Waals surface area contributed by atoms with E-state index in [0.717, 1.165) is 16.7 Å². The number of hydrogen-bond acceptors (Lipinski definition) is 4. The minimum Gasteiger partial charge on any atom is -0.265 e. The summed E-state index contributed by atoms with van der Waals surface area (Å²) in [5.74, 6) is 0. The van der Waals surface area contributed by atoms with E-state index in [1.165, 1.54) is 5.56 Å². The molecule has 0 bridgehead atoms. The Hall–Kier alpha value is -2.08. The largest absolute Gasteiger partial charge is 0.296 e. The van der Waals surface area contributed by atoms with E-state index < -0.39 is 0 Å². The first kappa shape index (κ1) is 13.4. The quantitative estimate of drug-likeness (QED) is 0.688.